The molecule has 4 heterocycles. The number of hydrogen-bond acceptors (Lipinski definition) is 10. The summed E-state index contributed by atoms with van der Waals surface area (Å²) in [7, 11) is 0. The number of nitriles is 2. The van der Waals surface area contributed by atoms with Gasteiger partial charge in [0, 0.05) is 111 Å². The lowest BCUT2D eigenvalue weighted by Gasteiger charge is -2.63. The van der Waals surface area contributed by atoms with E-state index in [0.717, 1.165) is 75.6 Å². The molecule has 3 saturated heterocycles. The van der Waals surface area contributed by atoms with E-state index < -0.39 is 17.4 Å². The van der Waals surface area contributed by atoms with Crippen molar-refractivity contribution in [2.45, 2.75) is 77.6 Å². The van der Waals surface area contributed by atoms with Crippen molar-refractivity contribution in [3.05, 3.63) is 87.9 Å². The smallest absolute Gasteiger partial charge is 0.267 e. The van der Waals surface area contributed by atoms with E-state index in [0.29, 0.717) is 33.4 Å². The zero-order valence-corrected chi connectivity index (χ0v) is 35.3. The SMILES string of the molecule is CC1(C)C(NC(=O)c2ccc(N3CCC(CN4CCN(c5ccc6c(c5)C(=O)N([C@]5(C#N)CCC(=O)NC5=O)C6)CC4)CC3)cc2)C(C)(C)C1Oc1ccc(C#N)c(Cl)c1. The first-order chi connectivity index (χ1) is 28.6. The average Bonchev–Trinajstić information content (AvgIpc) is 3.58. The van der Waals surface area contributed by atoms with E-state index in [2.05, 4.69) is 59.1 Å². The topological polar surface area (TPSA) is 162 Å². The number of piperidine rings is 2. The highest BCUT2D eigenvalue weighted by atomic mass is 35.5. The van der Waals surface area contributed by atoms with Crippen LogP contribution in [0.5, 0.6) is 5.75 Å². The predicted molar refractivity (Wildman–Crippen MR) is 226 cm³/mol. The lowest BCUT2D eigenvalue weighted by Crippen LogP contribution is -2.74. The number of ether oxygens (including phenoxy) is 1. The van der Waals surface area contributed by atoms with Gasteiger partial charge in [0.15, 0.2) is 0 Å². The molecule has 1 atom stereocenters. The molecule has 13 nitrogen and oxygen atoms in total. The summed E-state index contributed by atoms with van der Waals surface area (Å²) in [5.74, 6) is -0.423. The largest absolute Gasteiger partial charge is 0.489 e. The Hall–Kier alpha value is -5.63. The van der Waals surface area contributed by atoms with Crippen LogP contribution in [0.1, 0.15) is 85.2 Å². The molecule has 3 aromatic rings. The minimum atomic E-state index is -1.69. The van der Waals surface area contributed by atoms with Crippen molar-refractivity contribution in [3.8, 4) is 17.9 Å². The molecule has 0 spiro atoms. The maximum atomic E-state index is 13.6. The highest BCUT2D eigenvalue weighted by Crippen LogP contribution is 2.55. The molecule has 312 valence electrons. The Bertz CT molecular complexity index is 2290. The van der Waals surface area contributed by atoms with Crippen molar-refractivity contribution >= 4 is 46.6 Å². The van der Waals surface area contributed by atoms with E-state index in [4.69, 9.17) is 16.3 Å². The third kappa shape index (κ3) is 7.32. The van der Waals surface area contributed by atoms with Gasteiger partial charge in [0.1, 0.15) is 24.0 Å². The quantitative estimate of drug-likeness (QED) is 0.263. The van der Waals surface area contributed by atoms with Crippen molar-refractivity contribution in [1.82, 2.24) is 20.4 Å². The number of rotatable bonds is 9. The lowest BCUT2D eigenvalue weighted by atomic mass is 9.49. The summed E-state index contributed by atoms with van der Waals surface area (Å²) >= 11 is 6.26. The molecule has 4 aliphatic heterocycles. The minimum absolute atomic E-state index is 0.00668. The molecule has 5 aliphatic rings. The molecule has 3 aromatic carbocycles. The number of anilines is 2. The average molecular weight is 831 g/mol. The molecule has 1 saturated carbocycles. The van der Waals surface area contributed by atoms with Gasteiger partial charge in [-0.2, -0.15) is 10.5 Å². The van der Waals surface area contributed by atoms with Crippen LogP contribution in [0, 0.1) is 39.4 Å². The number of benzene rings is 3. The summed E-state index contributed by atoms with van der Waals surface area (Å²) < 4.78 is 6.39. The van der Waals surface area contributed by atoms with Gasteiger partial charge in [-0.25, -0.2) is 0 Å². The third-order valence-electron chi connectivity index (χ3n) is 13.7. The van der Waals surface area contributed by atoms with Crippen LogP contribution in [0.15, 0.2) is 60.7 Å². The minimum Gasteiger partial charge on any atom is -0.489 e. The summed E-state index contributed by atoms with van der Waals surface area (Å²) in [5.41, 5.74) is 2.00. The Morgan fingerprint density at radius 3 is 2.18 bits per heavy atom. The summed E-state index contributed by atoms with van der Waals surface area (Å²) in [6.07, 6.45) is 2.01. The second kappa shape index (κ2) is 15.8. The summed E-state index contributed by atoms with van der Waals surface area (Å²) in [5, 5.41) is 25.1. The van der Waals surface area contributed by atoms with Gasteiger partial charge in [0.2, 0.25) is 11.4 Å². The van der Waals surface area contributed by atoms with E-state index in [1.807, 2.05) is 48.5 Å². The molecule has 1 aliphatic carbocycles. The van der Waals surface area contributed by atoms with Gasteiger partial charge in [-0.05, 0) is 72.9 Å². The highest BCUT2D eigenvalue weighted by molar-refractivity contribution is 6.31. The number of amides is 4. The van der Waals surface area contributed by atoms with Crippen molar-refractivity contribution in [1.29, 1.82) is 10.5 Å². The molecule has 60 heavy (non-hydrogen) atoms. The fourth-order valence-electron chi connectivity index (χ4n) is 10.5. The Morgan fingerprint density at radius 2 is 1.55 bits per heavy atom. The molecule has 4 fully saturated rings. The van der Waals surface area contributed by atoms with Crippen LogP contribution in [-0.2, 0) is 16.1 Å². The fraction of sp³-hybridized carbons (Fsp3) is 0.478. The summed E-state index contributed by atoms with van der Waals surface area (Å²) in [4.78, 5) is 60.2. The normalized spacial score (nSPS) is 25.1. The number of nitrogens with one attached hydrogen (secondary N) is 2. The Balaban J connectivity index is 0.791. The molecular formula is C46H51ClN8O5. The zero-order valence-electron chi connectivity index (χ0n) is 34.6. The molecule has 2 N–H and O–H groups in total. The number of halogens is 1. The number of carbonyl (C=O) groups excluding carboxylic acids is 4. The molecule has 0 unspecified atom stereocenters. The maximum absolute atomic E-state index is 13.6. The number of nitrogens with zero attached hydrogens (tertiary/aromatic N) is 6. The van der Waals surface area contributed by atoms with Gasteiger partial charge in [-0.1, -0.05) is 45.4 Å². The first-order valence-corrected chi connectivity index (χ1v) is 21.2. The first-order valence-electron chi connectivity index (χ1n) is 20.8. The molecule has 4 amide bonds. The second-order valence-electron chi connectivity index (χ2n) is 18.1. The monoisotopic (exact) mass is 830 g/mol. The number of carbonyl (C=O) groups is 4. The van der Waals surface area contributed by atoms with E-state index in [-0.39, 0.29) is 54.2 Å². The van der Waals surface area contributed by atoms with E-state index >= 15 is 0 Å². The molecule has 8 rings (SSSR count). The summed E-state index contributed by atoms with van der Waals surface area (Å²) in [6.45, 7) is 15.0. The van der Waals surface area contributed by atoms with Crippen LogP contribution in [0.25, 0.3) is 0 Å². The number of fused-ring (bicyclic) bond motifs is 1. The Kier molecular flexibility index (Phi) is 10.8. The first kappa shape index (κ1) is 41.1. The molecular weight excluding hydrogens is 780 g/mol. The Labute approximate surface area is 356 Å². The van der Waals surface area contributed by atoms with Crippen molar-refractivity contribution in [3.63, 3.8) is 0 Å². The van der Waals surface area contributed by atoms with Gasteiger partial charge in [-0.3, -0.25) is 29.4 Å². The number of hydrogen-bond donors (Lipinski definition) is 2. The van der Waals surface area contributed by atoms with E-state index in [9.17, 15) is 29.7 Å². The van der Waals surface area contributed by atoms with Crippen LogP contribution in [-0.4, -0.2) is 96.9 Å². The zero-order chi connectivity index (χ0) is 42.6. The molecule has 0 aromatic heterocycles. The van der Waals surface area contributed by atoms with E-state index in [1.54, 1.807) is 18.2 Å². The molecule has 0 bridgehead atoms. The van der Waals surface area contributed by atoms with Gasteiger partial charge >= 0.3 is 0 Å². The van der Waals surface area contributed by atoms with Crippen LogP contribution < -0.4 is 25.2 Å². The third-order valence-corrected chi connectivity index (χ3v) is 14.0. The van der Waals surface area contributed by atoms with Crippen molar-refractivity contribution in [2.24, 2.45) is 16.7 Å². The molecule has 0 radical (unpaired) electrons. The maximum Gasteiger partial charge on any atom is 0.267 e. The van der Waals surface area contributed by atoms with Crippen molar-refractivity contribution in [2.75, 3.05) is 55.6 Å². The number of piperazine rings is 1. The molecule has 14 heteroatoms. The van der Waals surface area contributed by atoms with Gasteiger partial charge in [-0.15, -0.1) is 0 Å². The van der Waals surface area contributed by atoms with E-state index in [1.165, 1.54) is 4.90 Å². The standard InChI is InChI=1S/C46H51ClN8O5/c1-44(2)41(45(3,4)42(44)60-35-12-8-31(25-48)37(47)24-35)51-39(57)30-5-9-33(10-6-30)53-17-14-29(15-18-53)26-52-19-21-54(22-20-52)34-11-7-32-27-55(40(58)36(32)23-34)46(28-49)16-13-38(56)50-43(46)59/h5-12,23-24,29,41-42H,13-22,26-27H2,1-4H3,(H,51,57)(H,50,56,59)/t41?,42?,46-/m0/s1. The predicted octanol–water partition coefficient (Wildman–Crippen LogP) is 5.52. The number of imide groups is 1. The van der Waals surface area contributed by atoms with Gasteiger partial charge < -0.3 is 24.8 Å². The van der Waals surface area contributed by atoms with Crippen LogP contribution in [0.4, 0.5) is 11.4 Å². The van der Waals surface area contributed by atoms with Crippen LogP contribution >= 0.6 is 11.6 Å². The highest BCUT2D eigenvalue weighted by Gasteiger charge is 2.64. The second-order valence-corrected chi connectivity index (χ2v) is 18.6. The van der Waals surface area contributed by atoms with Gasteiger partial charge in [0.25, 0.3) is 17.7 Å². The lowest BCUT2D eigenvalue weighted by molar-refractivity contribution is -0.164. The summed E-state index contributed by atoms with van der Waals surface area (Å²) in [6, 6.07) is 22.8. The van der Waals surface area contributed by atoms with Crippen LogP contribution in [0.2, 0.25) is 5.02 Å². The van der Waals surface area contributed by atoms with Crippen LogP contribution in [0.3, 0.4) is 0 Å². The van der Waals surface area contributed by atoms with Crippen molar-refractivity contribution < 1.29 is 23.9 Å². The van der Waals surface area contributed by atoms with Gasteiger partial charge in [0.05, 0.1) is 10.6 Å². The Morgan fingerprint density at radius 1 is 0.883 bits per heavy atom. The fourth-order valence-corrected chi connectivity index (χ4v) is 10.7.